The Bertz CT molecular complexity index is 157. The van der Waals surface area contributed by atoms with E-state index in [0.717, 1.165) is 0 Å². The Balaban J connectivity index is 0. The van der Waals surface area contributed by atoms with Gasteiger partial charge >= 0.3 is 0 Å². The van der Waals surface area contributed by atoms with Crippen LogP contribution >= 0.6 is 11.6 Å². The third-order valence-corrected chi connectivity index (χ3v) is 1.05. The monoisotopic (exact) mass is 176 g/mol. The molecule has 0 amide bonds. The number of rotatable bonds is 2. The number of hydrogen-bond acceptors (Lipinski definition) is 0. The fourth-order valence-corrected chi connectivity index (χ4v) is 0.519. The highest BCUT2D eigenvalue weighted by Crippen LogP contribution is 2.14. The van der Waals surface area contributed by atoms with Crippen molar-refractivity contribution in [2.24, 2.45) is 0 Å². The first-order valence-electron chi connectivity index (χ1n) is 3.52. The molecule has 0 aliphatic rings. The lowest BCUT2D eigenvalue weighted by Gasteiger charge is -1.88. The summed E-state index contributed by atoms with van der Waals surface area (Å²) in [5.74, 6) is -0.420. The first kappa shape index (κ1) is 13.1. The molecule has 64 valence electrons. The van der Waals surface area contributed by atoms with Gasteiger partial charge < -0.3 is 0 Å². The van der Waals surface area contributed by atoms with Crippen molar-refractivity contribution in [2.45, 2.75) is 20.8 Å². The van der Waals surface area contributed by atoms with Gasteiger partial charge in [-0.1, -0.05) is 44.2 Å². The maximum absolute atomic E-state index is 12.3. The van der Waals surface area contributed by atoms with Crippen LogP contribution in [0.15, 0.2) is 35.7 Å². The highest BCUT2D eigenvalue weighted by atomic mass is 35.5. The molecular formula is C9H14ClF. The predicted molar refractivity (Wildman–Crippen MR) is 50.3 cm³/mol. The third-order valence-electron chi connectivity index (χ3n) is 0.746. The van der Waals surface area contributed by atoms with E-state index in [1.807, 2.05) is 13.8 Å². The van der Waals surface area contributed by atoms with Crippen molar-refractivity contribution in [3.8, 4) is 0 Å². The molecule has 0 N–H and O–H groups in total. The molecule has 11 heavy (non-hydrogen) atoms. The van der Waals surface area contributed by atoms with Crippen LogP contribution in [0.25, 0.3) is 0 Å². The molecule has 0 aromatic rings. The fourth-order valence-electron chi connectivity index (χ4n) is 0.321. The zero-order valence-corrected chi connectivity index (χ0v) is 7.95. The summed E-state index contributed by atoms with van der Waals surface area (Å²) in [6, 6.07) is 0. The van der Waals surface area contributed by atoms with Gasteiger partial charge in [0.2, 0.25) is 0 Å². The van der Waals surface area contributed by atoms with Crippen molar-refractivity contribution in [2.75, 3.05) is 0 Å². The highest BCUT2D eigenvalue weighted by Gasteiger charge is 1.94. The number of halogens is 2. The summed E-state index contributed by atoms with van der Waals surface area (Å²) in [6.45, 7) is 8.94. The second kappa shape index (κ2) is 9.44. The van der Waals surface area contributed by atoms with Crippen molar-refractivity contribution in [1.29, 1.82) is 0 Å². The molecule has 0 spiro atoms. The van der Waals surface area contributed by atoms with Crippen LogP contribution in [0.2, 0.25) is 0 Å². The zero-order valence-electron chi connectivity index (χ0n) is 7.20. The second-order valence-electron chi connectivity index (χ2n) is 1.39. The molecule has 0 atom stereocenters. The summed E-state index contributed by atoms with van der Waals surface area (Å²) in [4.78, 5) is 0. The predicted octanol–water partition coefficient (Wildman–Crippen LogP) is 4.19. The van der Waals surface area contributed by atoms with Crippen molar-refractivity contribution in [1.82, 2.24) is 0 Å². The number of allylic oxidation sites excluding steroid dienone is 5. The van der Waals surface area contributed by atoms with Crippen molar-refractivity contribution in [3.63, 3.8) is 0 Å². The van der Waals surface area contributed by atoms with E-state index in [4.69, 9.17) is 11.6 Å². The normalized spacial score (nSPS) is 11.7. The van der Waals surface area contributed by atoms with Gasteiger partial charge in [0.25, 0.3) is 0 Å². The molecule has 0 aromatic carbocycles. The van der Waals surface area contributed by atoms with Crippen LogP contribution in [0, 0.1) is 0 Å². The summed E-state index contributed by atoms with van der Waals surface area (Å²) in [7, 11) is 0. The van der Waals surface area contributed by atoms with Crippen molar-refractivity contribution < 1.29 is 4.39 Å². The Hall–Kier alpha value is -0.560. The van der Waals surface area contributed by atoms with Crippen molar-refractivity contribution in [3.05, 3.63) is 35.7 Å². The van der Waals surface area contributed by atoms with Crippen LogP contribution < -0.4 is 0 Å². The first-order chi connectivity index (χ1) is 5.22. The molecule has 0 aliphatic heterocycles. The molecule has 0 fully saturated rings. The Labute approximate surface area is 73.1 Å². The minimum Gasteiger partial charge on any atom is -0.206 e. The second-order valence-corrected chi connectivity index (χ2v) is 1.79. The lowest BCUT2D eigenvalue weighted by atomic mass is 10.4. The molecule has 0 rings (SSSR count). The van der Waals surface area contributed by atoms with E-state index in [1.54, 1.807) is 6.92 Å². The number of hydrogen-bond donors (Lipinski definition) is 0. The smallest absolute Gasteiger partial charge is 0.137 e. The van der Waals surface area contributed by atoms with Gasteiger partial charge in [0.05, 0.1) is 5.03 Å². The Morgan fingerprint density at radius 1 is 1.45 bits per heavy atom. The summed E-state index contributed by atoms with van der Waals surface area (Å²) in [5, 5.41) is 0.0903. The van der Waals surface area contributed by atoms with E-state index < -0.39 is 5.83 Å². The summed E-state index contributed by atoms with van der Waals surface area (Å²) >= 11 is 5.38. The van der Waals surface area contributed by atoms with Gasteiger partial charge in [0, 0.05) is 0 Å². The van der Waals surface area contributed by atoms with Crippen LogP contribution in [-0.4, -0.2) is 0 Å². The standard InChI is InChI=1S/C7H8ClF.C2H6/c1-3-5-6(8)7(9)4-2;1-2/h3-5H,1H2,2H3;1-2H3/b6-5+,7-4+;. The molecule has 0 aliphatic carbocycles. The van der Waals surface area contributed by atoms with Gasteiger partial charge in [-0.05, 0) is 13.0 Å². The summed E-state index contributed by atoms with van der Waals surface area (Å²) in [6.07, 6.45) is 4.13. The van der Waals surface area contributed by atoms with Gasteiger partial charge in [-0.3, -0.25) is 0 Å². The van der Waals surface area contributed by atoms with Crippen LogP contribution in [0.4, 0.5) is 4.39 Å². The van der Waals surface area contributed by atoms with E-state index >= 15 is 0 Å². The highest BCUT2D eigenvalue weighted by molar-refractivity contribution is 6.31. The van der Waals surface area contributed by atoms with E-state index in [2.05, 4.69) is 6.58 Å². The van der Waals surface area contributed by atoms with Crippen molar-refractivity contribution >= 4 is 11.6 Å². The topological polar surface area (TPSA) is 0 Å². The van der Waals surface area contributed by atoms with Gasteiger partial charge in [-0.2, -0.15) is 0 Å². The average molecular weight is 177 g/mol. The van der Waals surface area contributed by atoms with E-state index in [9.17, 15) is 4.39 Å². The van der Waals surface area contributed by atoms with Crippen LogP contribution in [0.1, 0.15) is 20.8 Å². The lowest BCUT2D eigenvalue weighted by Crippen LogP contribution is -1.69. The van der Waals surface area contributed by atoms with Crippen LogP contribution in [0.3, 0.4) is 0 Å². The van der Waals surface area contributed by atoms with Crippen LogP contribution in [0.5, 0.6) is 0 Å². The lowest BCUT2D eigenvalue weighted by molar-refractivity contribution is 0.660. The van der Waals surface area contributed by atoms with Crippen LogP contribution in [-0.2, 0) is 0 Å². The minimum atomic E-state index is -0.420. The SMILES string of the molecule is C=C/C=C(Cl)\C(F)=C/C.CC. The summed E-state index contributed by atoms with van der Waals surface area (Å²) in [5.41, 5.74) is 0. The third kappa shape index (κ3) is 7.34. The Morgan fingerprint density at radius 3 is 2.18 bits per heavy atom. The molecular weight excluding hydrogens is 163 g/mol. The molecule has 0 aromatic heterocycles. The molecule has 0 radical (unpaired) electrons. The molecule has 0 bridgehead atoms. The zero-order chi connectivity index (χ0) is 9.28. The van der Waals surface area contributed by atoms with Gasteiger partial charge in [0.1, 0.15) is 5.83 Å². The van der Waals surface area contributed by atoms with Gasteiger partial charge in [-0.15, -0.1) is 0 Å². The quantitative estimate of drug-likeness (QED) is 0.554. The molecule has 0 saturated heterocycles. The Kier molecular flexibility index (Phi) is 11.2. The van der Waals surface area contributed by atoms with Gasteiger partial charge in [-0.25, -0.2) is 4.39 Å². The minimum absolute atomic E-state index is 0.0903. The maximum atomic E-state index is 12.3. The first-order valence-corrected chi connectivity index (χ1v) is 3.90. The molecule has 2 heteroatoms. The Morgan fingerprint density at radius 2 is 1.91 bits per heavy atom. The fraction of sp³-hybridized carbons (Fsp3) is 0.333. The maximum Gasteiger partial charge on any atom is 0.137 e. The average Bonchev–Trinajstić information content (AvgIpc) is 2.07. The largest absolute Gasteiger partial charge is 0.206 e. The molecule has 0 saturated carbocycles. The molecule has 0 nitrogen and oxygen atoms in total. The molecule has 0 heterocycles. The van der Waals surface area contributed by atoms with Gasteiger partial charge in [0.15, 0.2) is 0 Å². The van der Waals surface area contributed by atoms with E-state index in [1.165, 1.54) is 18.2 Å². The molecule has 0 unspecified atom stereocenters. The summed E-state index contributed by atoms with van der Waals surface area (Å²) < 4.78 is 12.3. The van der Waals surface area contributed by atoms with E-state index in [0.29, 0.717) is 0 Å². The van der Waals surface area contributed by atoms with E-state index in [-0.39, 0.29) is 5.03 Å².